The fourth-order valence-corrected chi connectivity index (χ4v) is 4.67. The second-order valence-corrected chi connectivity index (χ2v) is 8.56. The van der Waals surface area contributed by atoms with Gasteiger partial charge in [-0.05, 0) is 55.0 Å². The highest BCUT2D eigenvalue weighted by atomic mass is 32.2. The number of thiocarbonyl (C=S) groups is 1. The lowest BCUT2D eigenvalue weighted by Crippen LogP contribution is -2.51. The standard InChI is InChI=1S/C18H19F2N3O2S2/c1-13-3-2-4-15(11-13)21-18(26)22-7-9-23(10-8-22)27(24,25)17-12-14(19)5-6-16(17)20/h2-6,11-12H,7-10H2,1H3,(H,21,26). The van der Waals surface area contributed by atoms with Crippen LogP contribution in [0.4, 0.5) is 14.5 Å². The first-order chi connectivity index (χ1) is 12.8. The van der Waals surface area contributed by atoms with Crippen molar-refractivity contribution in [3.8, 4) is 0 Å². The number of nitrogens with one attached hydrogen (secondary N) is 1. The molecule has 144 valence electrons. The summed E-state index contributed by atoms with van der Waals surface area (Å²) in [5.74, 6) is -1.76. The topological polar surface area (TPSA) is 52.6 Å². The Hall–Kier alpha value is -2.10. The van der Waals surface area contributed by atoms with E-state index >= 15 is 0 Å². The van der Waals surface area contributed by atoms with Crippen molar-refractivity contribution >= 4 is 33.0 Å². The Morgan fingerprint density at radius 3 is 2.44 bits per heavy atom. The van der Waals surface area contributed by atoms with Crippen LogP contribution in [0, 0.1) is 18.6 Å². The van der Waals surface area contributed by atoms with E-state index in [0.717, 1.165) is 27.7 Å². The Morgan fingerprint density at radius 1 is 1.07 bits per heavy atom. The fraction of sp³-hybridized carbons (Fsp3) is 0.278. The van der Waals surface area contributed by atoms with E-state index in [9.17, 15) is 17.2 Å². The number of halogens is 2. The number of piperazine rings is 1. The van der Waals surface area contributed by atoms with Crippen molar-refractivity contribution in [3.05, 3.63) is 59.7 Å². The first-order valence-corrected chi connectivity index (χ1v) is 10.2. The summed E-state index contributed by atoms with van der Waals surface area (Å²) >= 11 is 5.40. The summed E-state index contributed by atoms with van der Waals surface area (Å²) in [5.41, 5.74) is 1.95. The van der Waals surface area contributed by atoms with Crippen LogP contribution >= 0.6 is 12.2 Å². The van der Waals surface area contributed by atoms with Gasteiger partial charge in [0.15, 0.2) is 5.11 Å². The van der Waals surface area contributed by atoms with Gasteiger partial charge in [-0.3, -0.25) is 0 Å². The monoisotopic (exact) mass is 411 g/mol. The summed E-state index contributed by atoms with van der Waals surface area (Å²) in [6, 6.07) is 10.2. The molecule has 0 atom stereocenters. The van der Waals surface area contributed by atoms with E-state index in [1.54, 1.807) is 0 Å². The predicted octanol–water partition coefficient (Wildman–Crippen LogP) is 2.98. The van der Waals surface area contributed by atoms with Crippen molar-refractivity contribution in [2.45, 2.75) is 11.8 Å². The summed E-state index contributed by atoms with van der Waals surface area (Å²) in [5, 5.41) is 3.63. The molecule has 0 unspecified atom stereocenters. The summed E-state index contributed by atoms with van der Waals surface area (Å²) < 4.78 is 53.6. The van der Waals surface area contributed by atoms with Gasteiger partial charge < -0.3 is 10.2 Å². The lowest BCUT2D eigenvalue weighted by atomic mass is 10.2. The fourth-order valence-electron chi connectivity index (χ4n) is 2.87. The normalized spacial score (nSPS) is 15.6. The highest BCUT2D eigenvalue weighted by molar-refractivity contribution is 7.89. The molecule has 2 aromatic rings. The van der Waals surface area contributed by atoms with Gasteiger partial charge in [-0.1, -0.05) is 12.1 Å². The minimum atomic E-state index is -4.10. The van der Waals surface area contributed by atoms with Crippen molar-refractivity contribution < 1.29 is 17.2 Å². The number of aryl methyl sites for hydroxylation is 1. The predicted molar refractivity (Wildman–Crippen MR) is 104 cm³/mol. The molecule has 0 amide bonds. The number of sulfonamides is 1. The van der Waals surface area contributed by atoms with Crippen LogP contribution < -0.4 is 5.32 Å². The minimum absolute atomic E-state index is 0.133. The number of nitrogens with zero attached hydrogens (tertiary/aromatic N) is 2. The van der Waals surface area contributed by atoms with Crippen molar-refractivity contribution in [3.63, 3.8) is 0 Å². The lowest BCUT2D eigenvalue weighted by Gasteiger charge is -2.35. The van der Waals surface area contributed by atoms with Crippen molar-refractivity contribution in [2.75, 3.05) is 31.5 Å². The molecular weight excluding hydrogens is 392 g/mol. The van der Waals surface area contributed by atoms with E-state index in [1.807, 2.05) is 36.1 Å². The van der Waals surface area contributed by atoms with Crippen LogP contribution in [-0.4, -0.2) is 48.9 Å². The average molecular weight is 411 g/mol. The molecule has 0 radical (unpaired) electrons. The molecule has 0 aliphatic carbocycles. The van der Waals surface area contributed by atoms with Crippen LogP contribution in [0.1, 0.15) is 5.56 Å². The number of hydrogen-bond donors (Lipinski definition) is 1. The third kappa shape index (κ3) is 4.42. The van der Waals surface area contributed by atoms with E-state index < -0.39 is 26.6 Å². The maximum absolute atomic E-state index is 13.9. The number of anilines is 1. The van der Waals surface area contributed by atoms with Gasteiger partial charge in [0.05, 0.1) is 0 Å². The Morgan fingerprint density at radius 2 is 1.78 bits per heavy atom. The Balaban J connectivity index is 1.66. The Bertz CT molecular complexity index is 959. The maximum Gasteiger partial charge on any atom is 0.246 e. The molecule has 9 heteroatoms. The maximum atomic E-state index is 13.9. The third-order valence-corrected chi connectivity index (χ3v) is 6.58. The molecule has 1 N–H and O–H groups in total. The van der Waals surface area contributed by atoms with Crippen LogP contribution in [0.2, 0.25) is 0 Å². The molecule has 2 aromatic carbocycles. The van der Waals surface area contributed by atoms with E-state index in [2.05, 4.69) is 5.32 Å². The molecule has 1 fully saturated rings. The molecule has 1 heterocycles. The van der Waals surface area contributed by atoms with Gasteiger partial charge >= 0.3 is 0 Å². The second-order valence-electron chi connectivity index (χ2n) is 6.27. The summed E-state index contributed by atoms with van der Waals surface area (Å²) in [6.45, 7) is 2.95. The molecule has 27 heavy (non-hydrogen) atoms. The summed E-state index contributed by atoms with van der Waals surface area (Å²) in [6.07, 6.45) is 0. The molecule has 0 aromatic heterocycles. The van der Waals surface area contributed by atoms with Crippen LogP contribution in [0.15, 0.2) is 47.4 Å². The Labute approximate surface area is 162 Å². The molecule has 0 bridgehead atoms. The van der Waals surface area contributed by atoms with E-state index in [-0.39, 0.29) is 13.1 Å². The van der Waals surface area contributed by atoms with Gasteiger partial charge in [0.2, 0.25) is 10.0 Å². The zero-order valence-electron chi connectivity index (χ0n) is 14.7. The molecule has 3 rings (SSSR count). The molecule has 1 aliphatic rings. The summed E-state index contributed by atoms with van der Waals surface area (Å²) in [4.78, 5) is 1.21. The lowest BCUT2D eigenvalue weighted by molar-refractivity contribution is 0.268. The molecule has 1 saturated heterocycles. The van der Waals surface area contributed by atoms with Gasteiger partial charge in [-0.15, -0.1) is 0 Å². The van der Waals surface area contributed by atoms with Crippen molar-refractivity contribution in [1.82, 2.24) is 9.21 Å². The van der Waals surface area contributed by atoms with E-state index in [4.69, 9.17) is 12.2 Å². The molecule has 5 nitrogen and oxygen atoms in total. The second kappa shape index (κ2) is 7.87. The smallest absolute Gasteiger partial charge is 0.246 e. The van der Waals surface area contributed by atoms with Gasteiger partial charge in [0, 0.05) is 31.9 Å². The van der Waals surface area contributed by atoms with Gasteiger partial charge in [0.1, 0.15) is 16.5 Å². The number of benzene rings is 2. The highest BCUT2D eigenvalue weighted by Gasteiger charge is 2.31. The van der Waals surface area contributed by atoms with Gasteiger partial charge in [0.25, 0.3) is 0 Å². The third-order valence-electron chi connectivity index (χ3n) is 4.31. The first kappa shape index (κ1) is 19.7. The highest BCUT2D eigenvalue weighted by Crippen LogP contribution is 2.22. The SMILES string of the molecule is Cc1cccc(NC(=S)N2CCN(S(=O)(=O)c3cc(F)ccc3F)CC2)c1. The minimum Gasteiger partial charge on any atom is -0.346 e. The molecular formula is C18H19F2N3O2S2. The molecule has 0 spiro atoms. The van der Waals surface area contributed by atoms with Crippen LogP contribution in [0.25, 0.3) is 0 Å². The summed E-state index contributed by atoms with van der Waals surface area (Å²) in [7, 11) is -4.10. The molecule has 0 saturated carbocycles. The van der Waals surface area contributed by atoms with E-state index in [1.165, 1.54) is 0 Å². The van der Waals surface area contributed by atoms with Crippen LogP contribution in [0.5, 0.6) is 0 Å². The van der Waals surface area contributed by atoms with Crippen molar-refractivity contribution in [1.29, 1.82) is 0 Å². The van der Waals surface area contributed by atoms with Crippen molar-refractivity contribution in [2.24, 2.45) is 0 Å². The van der Waals surface area contributed by atoms with Gasteiger partial charge in [-0.25, -0.2) is 17.2 Å². The van der Waals surface area contributed by atoms with Gasteiger partial charge in [-0.2, -0.15) is 4.31 Å². The Kier molecular flexibility index (Phi) is 5.73. The van der Waals surface area contributed by atoms with Crippen LogP contribution in [-0.2, 0) is 10.0 Å². The quantitative estimate of drug-likeness (QED) is 0.787. The average Bonchev–Trinajstić information content (AvgIpc) is 2.63. The first-order valence-electron chi connectivity index (χ1n) is 8.35. The number of rotatable bonds is 3. The largest absolute Gasteiger partial charge is 0.346 e. The van der Waals surface area contributed by atoms with Crippen LogP contribution in [0.3, 0.4) is 0 Å². The van der Waals surface area contributed by atoms with E-state index in [0.29, 0.717) is 24.3 Å². The number of hydrogen-bond acceptors (Lipinski definition) is 3. The molecule has 1 aliphatic heterocycles. The zero-order chi connectivity index (χ0) is 19.6. The zero-order valence-corrected chi connectivity index (χ0v) is 16.3.